The van der Waals surface area contributed by atoms with E-state index in [9.17, 15) is 4.79 Å². The molecule has 29 heavy (non-hydrogen) atoms. The SMILES string of the molecule is Cc1cncc2c(Cc3ccc(-c4cnn(CC(=O)N(C)C)c4)cc3)ccnc12. The summed E-state index contributed by atoms with van der Waals surface area (Å²) in [5, 5.41) is 5.40. The van der Waals surface area contributed by atoms with Crippen molar-refractivity contribution in [3.05, 3.63) is 78.0 Å². The van der Waals surface area contributed by atoms with Crippen molar-refractivity contribution >= 4 is 16.8 Å². The van der Waals surface area contributed by atoms with Crippen LogP contribution in [0.3, 0.4) is 0 Å². The van der Waals surface area contributed by atoms with Crippen LogP contribution in [0.5, 0.6) is 0 Å². The third-order valence-corrected chi connectivity index (χ3v) is 5.04. The van der Waals surface area contributed by atoms with Gasteiger partial charge in [-0.05, 0) is 41.7 Å². The molecule has 0 unspecified atom stereocenters. The first-order valence-electron chi connectivity index (χ1n) is 9.51. The van der Waals surface area contributed by atoms with Crippen LogP contribution in [0.15, 0.2) is 61.3 Å². The van der Waals surface area contributed by atoms with Gasteiger partial charge in [-0.3, -0.25) is 19.4 Å². The molecule has 0 aliphatic rings. The highest BCUT2D eigenvalue weighted by Gasteiger charge is 2.09. The third-order valence-electron chi connectivity index (χ3n) is 5.04. The largest absolute Gasteiger partial charge is 0.347 e. The Morgan fingerprint density at radius 2 is 1.83 bits per heavy atom. The molecule has 146 valence electrons. The second-order valence-electron chi connectivity index (χ2n) is 7.41. The summed E-state index contributed by atoms with van der Waals surface area (Å²) >= 11 is 0. The summed E-state index contributed by atoms with van der Waals surface area (Å²) in [4.78, 5) is 22.2. The molecule has 0 saturated heterocycles. The Morgan fingerprint density at radius 3 is 2.59 bits per heavy atom. The number of aryl methyl sites for hydroxylation is 1. The number of fused-ring (bicyclic) bond motifs is 1. The van der Waals surface area contributed by atoms with Crippen LogP contribution in [-0.2, 0) is 17.8 Å². The number of nitrogens with zero attached hydrogens (tertiary/aromatic N) is 5. The molecule has 0 aliphatic heterocycles. The maximum Gasteiger partial charge on any atom is 0.243 e. The smallest absolute Gasteiger partial charge is 0.243 e. The molecule has 4 rings (SSSR count). The predicted molar refractivity (Wildman–Crippen MR) is 113 cm³/mol. The number of carbonyl (C=O) groups excluding carboxylic acids is 1. The standard InChI is InChI=1S/C23H23N5O/c1-16-11-24-13-21-19(8-9-25-23(16)21)10-17-4-6-18(7-5-17)20-12-26-28(14-20)15-22(29)27(2)3/h4-9,11-14H,10,15H2,1-3H3. The van der Waals surface area contributed by atoms with Gasteiger partial charge in [0.2, 0.25) is 5.91 Å². The second kappa shape index (κ2) is 7.83. The normalized spacial score (nSPS) is 11.0. The predicted octanol–water partition coefficient (Wildman–Crippen LogP) is 3.48. The van der Waals surface area contributed by atoms with Gasteiger partial charge in [-0.2, -0.15) is 5.10 Å². The molecule has 3 heterocycles. The topological polar surface area (TPSA) is 63.9 Å². The maximum absolute atomic E-state index is 11.8. The van der Waals surface area contributed by atoms with E-state index >= 15 is 0 Å². The van der Waals surface area contributed by atoms with Crippen molar-refractivity contribution in [3.63, 3.8) is 0 Å². The first kappa shape index (κ1) is 18.8. The molecule has 4 aromatic rings. The van der Waals surface area contributed by atoms with E-state index < -0.39 is 0 Å². The molecule has 0 bridgehead atoms. The molecular weight excluding hydrogens is 362 g/mol. The lowest BCUT2D eigenvalue weighted by Crippen LogP contribution is -2.26. The van der Waals surface area contributed by atoms with Crippen LogP contribution in [0.2, 0.25) is 0 Å². The zero-order chi connectivity index (χ0) is 20.4. The van der Waals surface area contributed by atoms with Crippen molar-refractivity contribution in [2.75, 3.05) is 14.1 Å². The Kier molecular flexibility index (Phi) is 5.08. The van der Waals surface area contributed by atoms with Gasteiger partial charge >= 0.3 is 0 Å². The number of hydrogen-bond donors (Lipinski definition) is 0. The third kappa shape index (κ3) is 4.01. The van der Waals surface area contributed by atoms with E-state index in [1.807, 2.05) is 31.7 Å². The Morgan fingerprint density at radius 1 is 1.03 bits per heavy atom. The number of carbonyl (C=O) groups is 1. The highest BCUT2D eigenvalue weighted by molar-refractivity contribution is 5.84. The Hall–Kier alpha value is -3.54. The molecule has 6 heteroatoms. The molecule has 0 saturated carbocycles. The summed E-state index contributed by atoms with van der Waals surface area (Å²) in [6.07, 6.45) is 10.1. The van der Waals surface area contributed by atoms with Gasteiger partial charge in [0.05, 0.1) is 11.7 Å². The Labute approximate surface area is 169 Å². The molecule has 1 aromatic carbocycles. The molecule has 0 fully saturated rings. The van der Waals surface area contributed by atoms with E-state index in [1.54, 1.807) is 29.9 Å². The number of aromatic nitrogens is 4. The summed E-state index contributed by atoms with van der Waals surface area (Å²) in [6, 6.07) is 10.5. The van der Waals surface area contributed by atoms with Crippen LogP contribution in [0.1, 0.15) is 16.7 Å². The van der Waals surface area contributed by atoms with Crippen LogP contribution in [0, 0.1) is 6.92 Å². The van der Waals surface area contributed by atoms with Crippen LogP contribution in [-0.4, -0.2) is 44.7 Å². The minimum absolute atomic E-state index is 0.0179. The van der Waals surface area contributed by atoms with E-state index in [0.717, 1.165) is 34.0 Å². The fourth-order valence-corrected chi connectivity index (χ4v) is 3.32. The van der Waals surface area contributed by atoms with Crippen LogP contribution in [0.25, 0.3) is 22.0 Å². The van der Waals surface area contributed by atoms with Gasteiger partial charge in [-0.15, -0.1) is 0 Å². The van der Waals surface area contributed by atoms with E-state index in [2.05, 4.69) is 45.4 Å². The van der Waals surface area contributed by atoms with Crippen LogP contribution in [0.4, 0.5) is 0 Å². The average Bonchev–Trinajstić information content (AvgIpc) is 3.18. The van der Waals surface area contributed by atoms with Gasteiger partial charge in [0.15, 0.2) is 0 Å². The quantitative estimate of drug-likeness (QED) is 0.528. The van der Waals surface area contributed by atoms with Gasteiger partial charge in [-0.1, -0.05) is 24.3 Å². The van der Waals surface area contributed by atoms with Gasteiger partial charge < -0.3 is 4.90 Å². The van der Waals surface area contributed by atoms with Gasteiger partial charge in [0.25, 0.3) is 0 Å². The second-order valence-corrected chi connectivity index (χ2v) is 7.41. The Balaban J connectivity index is 1.53. The van der Waals surface area contributed by atoms with Crippen molar-refractivity contribution in [2.45, 2.75) is 19.9 Å². The molecule has 1 amide bonds. The summed E-state index contributed by atoms with van der Waals surface area (Å²) in [6.45, 7) is 2.28. The van der Waals surface area contributed by atoms with Gasteiger partial charge in [0.1, 0.15) is 6.54 Å². The molecule has 0 spiro atoms. The van der Waals surface area contributed by atoms with Crippen molar-refractivity contribution in [1.82, 2.24) is 24.6 Å². The van der Waals surface area contributed by atoms with E-state index in [4.69, 9.17) is 0 Å². The summed E-state index contributed by atoms with van der Waals surface area (Å²) in [7, 11) is 3.49. The minimum atomic E-state index is 0.0179. The lowest BCUT2D eigenvalue weighted by Gasteiger charge is -2.09. The lowest BCUT2D eigenvalue weighted by molar-refractivity contribution is -0.129. The monoisotopic (exact) mass is 385 g/mol. The number of rotatable bonds is 5. The van der Waals surface area contributed by atoms with Gasteiger partial charge in [0, 0.05) is 49.8 Å². The molecular formula is C23H23N5O. The molecule has 3 aromatic heterocycles. The van der Waals surface area contributed by atoms with Crippen molar-refractivity contribution in [1.29, 1.82) is 0 Å². The highest BCUT2D eigenvalue weighted by atomic mass is 16.2. The first-order chi connectivity index (χ1) is 14.0. The Bertz CT molecular complexity index is 1160. The number of amides is 1. The fourth-order valence-electron chi connectivity index (χ4n) is 3.32. The molecule has 0 N–H and O–H groups in total. The van der Waals surface area contributed by atoms with Crippen LogP contribution < -0.4 is 0 Å². The van der Waals surface area contributed by atoms with Crippen molar-refractivity contribution in [2.24, 2.45) is 0 Å². The number of pyridine rings is 2. The highest BCUT2D eigenvalue weighted by Crippen LogP contribution is 2.23. The molecule has 6 nitrogen and oxygen atoms in total. The van der Waals surface area contributed by atoms with E-state index in [-0.39, 0.29) is 12.5 Å². The van der Waals surface area contributed by atoms with Crippen LogP contribution >= 0.6 is 0 Å². The zero-order valence-electron chi connectivity index (χ0n) is 16.8. The number of likely N-dealkylation sites (N-methyl/N-ethyl adjacent to an activating group) is 1. The van der Waals surface area contributed by atoms with E-state index in [1.165, 1.54) is 11.1 Å². The average molecular weight is 385 g/mol. The molecule has 0 radical (unpaired) electrons. The number of benzene rings is 1. The zero-order valence-corrected chi connectivity index (χ0v) is 16.8. The van der Waals surface area contributed by atoms with Gasteiger partial charge in [-0.25, -0.2) is 0 Å². The summed E-state index contributed by atoms with van der Waals surface area (Å²) < 4.78 is 1.67. The summed E-state index contributed by atoms with van der Waals surface area (Å²) in [5.41, 5.74) is 6.61. The van der Waals surface area contributed by atoms with Crippen molar-refractivity contribution in [3.8, 4) is 11.1 Å². The fraction of sp³-hybridized carbons (Fsp3) is 0.217. The molecule has 0 aliphatic carbocycles. The molecule has 0 atom stereocenters. The summed E-state index contributed by atoms with van der Waals surface area (Å²) in [5.74, 6) is 0.0179. The minimum Gasteiger partial charge on any atom is -0.347 e. The number of hydrogen-bond acceptors (Lipinski definition) is 4. The van der Waals surface area contributed by atoms with Crippen molar-refractivity contribution < 1.29 is 4.79 Å². The van der Waals surface area contributed by atoms with E-state index in [0.29, 0.717) is 0 Å². The first-order valence-corrected chi connectivity index (χ1v) is 9.51. The maximum atomic E-state index is 11.8. The lowest BCUT2D eigenvalue weighted by atomic mass is 9.99.